The zero-order valence-electron chi connectivity index (χ0n) is 12.6. The number of benzene rings is 2. The highest BCUT2D eigenvalue weighted by molar-refractivity contribution is 7.89. The van der Waals surface area contributed by atoms with Gasteiger partial charge in [0, 0.05) is 13.1 Å². The maximum absolute atomic E-state index is 12.9. The van der Waals surface area contributed by atoms with Crippen LogP contribution in [0, 0.1) is 0 Å². The van der Waals surface area contributed by atoms with Crippen LogP contribution in [0.5, 0.6) is 0 Å². The zero-order chi connectivity index (χ0) is 16.0. The molecule has 0 amide bonds. The monoisotopic (exact) mass is 374 g/mol. The van der Waals surface area contributed by atoms with Crippen LogP contribution in [-0.2, 0) is 16.6 Å². The third-order valence-corrected chi connectivity index (χ3v) is 5.61. The maximum atomic E-state index is 12.9. The number of nitrogens with two attached hydrogens (primary N) is 1. The van der Waals surface area contributed by atoms with Crippen LogP contribution in [0.2, 0.25) is 5.02 Å². The molecule has 0 atom stereocenters. The van der Waals surface area contributed by atoms with E-state index < -0.39 is 10.0 Å². The first-order valence-corrected chi connectivity index (χ1v) is 8.86. The van der Waals surface area contributed by atoms with Gasteiger partial charge in [0.05, 0.1) is 5.02 Å². The molecule has 0 aliphatic heterocycles. The first-order chi connectivity index (χ1) is 10.6. The molecular formula is C16H20Cl2N2O2S. The summed E-state index contributed by atoms with van der Waals surface area (Å²) in [5.41, 5.74) is 6.46. The van der Waals surface area contributed by atoms with Gasteiger partial charge in [0.1, 0.15) is 4.90 Å². The fourth-order valence-corrected chi connectivity index (χ4v) is 4.09. The van der Waals surface area contributed by atoms with E-state index in [4.69, 9.17) is 17.3 Å². The van der Waals surface area contributed by atoms with Crippen LogP contribution in [0.3, 0.4) is 0 Å². The van der Waals surface area contributed by atoms with Gasteiger partial charge in [-0.05, 0) is 30.7 Å². The van der Waals surface area contributed by atoms with E-state index in [9.17, 15) is 8.42 Å². The Morgan fingerprint density at radius 2 is 1.61 bits per heavy atom. The highest BCUT2D eigenvalue weighted by Crippen LogP contribution is 2.25. The van der Waals surface area contributed by atoms with Gasteiger partial charge < -0.3 is 5.73 Å². The van der Waals surface area contributed by atoms with E-state index in [2.05, 4.69) is 0 Å². The van der Waals surface area contributed by atoms with E-state index in [0.717, 1.165) is 5.56 Å². The van der Waals surface area contributed by atoms with Crippen LogP contribution in [-0.4, -0.2) is 25.8 Å². The first-order valence-electron chi connectivity index (χ1n) is 7.04. The topological polar surface area (TPSA) is 63.4 Å². The highest BCUT2D eigenvalue weighted by Gasteiger charge is 2.26. The molecule has 0 saturated carbocycles. The van der Waals surface area contributed by atoms with E-state index >= 15 is 0 Å². The van der Waals surface area contributed by atoms with Crippen molar-refractivity contribution in [2.24, 2.45) is 5.73 Å². The molecule has 0 spiro atoms. The van der Waals surface area contributed by atoms with E-state index in [1.54, 1.807) is 18.2 Å². The first kappa shape index (κ1) is 19.9. The molecule has 4 nitrogen and oxygen atoms in total. The number of hydrogen-bond donors (Lipinski definition) is 1. The molecular weight excluding hydrogens is 355 g/mol. The molecule has 0 unspecified atom stereocenters. The Hall–Kier alpha value is -1.11. The number of halogens is 2. The molecule has 0 aliphatic carbocycles. The molecule has 7 heteroatoms. The number of hydrogen-bond acceptors (Lipinski definition) is 3. The minimum atomic E-state index is -3.66. The van der Waals surface area contributed by atoms with Crippen molar-refractivity contribution < 1.29 is 8.42 Å². The van der Waals surface area contributed by atoms with Gasteiger partial charge >= 0.3 is 0 Å². The van der Waals surface area contributed by atoms with E-state index in [-0.39, 0.29) is 22.3 Å². The van der Waals surface area contributed by atoms with E-state index in [0.29, 0.717) is 26.1 Å². The van der Waals surface area contributed by atoms with Crippen LogP contribution in [0.25, 0.3) is 0 Å². The lowest BCUT2D eigenvalue weighted by Crippen LogP contribution is -2.32. The molecule has 0 saturated heterocycles. The smallest absolute Gasteiger partial charge is 0.244 e. The second-order valence-corrected chi connectivity index (χ2v) is 7.21. The predicted molar refractivity (Wildman–Crippen MR) is 96.4 cm³/mol. The van der Waals surface area contributed by atoms with Crippen molar-refractivity contribution in [3.8, 4) is 0 Å². The number of sulfonamides is 1. The Morgan fingerprint density at radius 1 is 1.00 bits per heavy atom. The summed E-state index contributed by atoms with van der Waals surface area (Å²) in [6, 6.07) is 16.0. The van der Waals surface area contributed by atoms with Crippen molar-refractivity contribution in [1.82, 2.24) is 4.31 Å². The minimum Gasteiger partial charge on any atom is -0.330 e. The van der Waals surface area contributed by atoms with Gasteiger partial charge in [-0.2, -0.15) is 4.31 Å². The normalized spacial score (nSPS) is 11.3. The largest absolute Gasteiger partial charge is 0.330 e. The van der Waals surface area contributed by atoms with Gasteiger partial charge in [0.25, 0.3) is 0 Å². The van der Waals surface area contributed by atoms with Crippen LogP contribution in [0.15, 0.2) is 59.5 Å². The standard InChI is InChI=1S/C16H19ClN2O2S.ClH/c17-15-9-4-5-10-16(15)22(20,21)19(12-6-11-18)13-14-7-2-1-3-8-14;/h1-5,7-10H,6,11-13,18H2;1H. The average Bonchev–Trinajstić information content (AvgIpc) is 2.52. The molecule has 0 aliphatic rings. The summed E-state index contributed by atoms with van der Waals surface area (Å²) in [5, 5.41) is 0.230. The molecule has 0 fully saturated rings. The van der Waals surface area contributed by atoms with Gasteiger partial charge in [-0.25, -0.2) is 8.42 Å². The Bertz CT molecular complexity index is 709. The summed E-state index contributed by atoms with van der Waals surface area (Å²) < 4.78 is 27.2. The van der Waals surface area contributed by atoms with Crippen molar-refractivity contribution >= 4 is 34.0 Å². The van der Waals surface area contributed by atoms with Crippen molar-refractivity contribution in [2.45, 2.75) is 17.9 Å². The fraction of sp³-hybridized carbons (Fsp3) is 0.250. The number of nitrogens with zero attached hydrogens (tertiary/aromatic N) is 1. The van der Waals surface area contributed by atoms with Crippen LogP contribution >= 0.6 is 24.0 Å². The van der Waals surface area contributed by atoms with Gasteiger partial charge in [0.15, 0.2) is 0 Å². The molecule has 2 N–H and O–H groups in total. The van der Waals surface area contributed by atoms with Gasteiger partial charge in [-0.15, -0.1) is 12.4 Å². The van der Waals surface area contributed by atoms with Gasteiger partial charge in [0.2, 0.25) is 10.0 Å². The molecule has 2 rings (SSSR count). The van der Waals surface area contributed by atoms with Crippen LogP contribution in [0.1, 0.15) is 12.0 Å². The SMILES string of the molecule is Cl.NCCCN(Cc1ccccc1)S(=O)(=O)c1ccccc1Cl. The van der Waals surface area contributed by atoms with Gasteiger partial charge in [-0.3, -0.25) is 0 Å². The number of rotatable bonds is 7. The molecule has 0 aromatic heterocycles. The molecule has 2 aromatic rings. The van der Waals surface area contributed by atoms with Crippen molar-refractivity contribution in [2.75, 3.05) is 13.1 Å². The van der Waals surface area contributed by atoms with Crippen molar-refractivity contribution in [3.63, 3.8) is 0 Å². The van der Waals surface area contributed by atoms with Crippen molar-refractivity contribution in [1.29, 1.82) is 0 Å². The second kappa shape index (κ2) is 9.25. The lowest BCUT2D eigenvalue weighted by Gasteiger charge is -2.22. The summed E-state index contributed by atoms with van der Waals surface area (Å²) in [5.74, 6) is 0. The van der Waals surface area contributed by atoms with Crippen LogP contribution < -0.4 is 5.73 Å². The molecule has 23 heavy (non-hydrogen) atoms. The Balaban J connectivity index is 0.00000264. The molecule has 0 bridgehead atoms. The van der Waals surface area contributed by atoms with Crippen LogP contribution in [0.4, 0.5) is 0 Å². The lowest BCUT2D eigenvalue weighted by atomic mass is 10.2. The second-order valence-electron chi connectivity index (χ2n) is 4.90. The Labute approximate surface area is 148 Å². The third kappa shape index (κ3) is 5.19. The molecule has 126 valence electrons. The zero-order valence-corrected chi connectivity index (χ0v) is 14.9. The molecule has 0 radical (unpaired) electrons. The summed E-state index contributed by atoms with van der Waals surface area (Å²) in [4.78, 5) is 0.129. The summed E-state index contributed by atoms with van der Waals surface area (Å²) in [7, 11) is -3.66. The lowest BCUT2D eigenvalue weighted by molar-refractivity contribution is 0.402. The van der Waals surface area contributed by atoms with Crippen molar-refractivity contribution in [3.05, 3.63) is 65.2 Å². The Morgan fingerprint density at radius 3 is 2.22 bits per heavy atom. The summed E-state index contributed by atoms with van der Waals surface area (Å²) >= 11 is 6.06. The fourth-order valence-electron chi connectivity index (χ4n) is 2.13. The summed E-state index contributed by atoms with van der Waals surface area (Å²) in [6.45, 7) is 1.09. The summed E-state index contributed by atoms with van der Waals surface area (Å²) in [6.07, 6.45) is 0.594. The maximum Gasteiger partial charge on any atom is 0.244 e. The van der Waals surface area contributed by atoms with Gasteiger partial charge in [-0.1, -0.05) is 54.1 Å². The molecule has 2 aromatic carbocycles. The predicted octanol–water partition coefficient (Wildman–Crippen LogP) is 3.30. The quantitative estimate of drug-likeness (QED) is 0.808. The third-order valence-electron chi connectivity index (χ3n) is 3.27. The Kier molecular flexibility index (Phi) is 8.02. The minimum absolute atomic E-state index is 0. The molecule has 0 heterocycles. The van der Waals surface area contributed by atoms with E-state index in [1.165, 1.54) is 10.4 Å². The van der Waals surface area contributed by atoms with E-state index in [1.807, 2.05) is 30.3 Å². The average molecular weight is 375 g/mol. The highest BCUT2D eigenvalue weighted by atomic mass is 35.5.